The van der Waals surface area contributed by atoms with Crippen molar-refractivity contribution in [3.05, 3.63) is 47.1 Å². The molecule has 0 aliphatic rings. The summed E-state index contributed by atoms with van der Waals surface area (Å²) in [6, 6.07) is 11.0. The molecule has 3 aromatic rings. The first-order chi connectivity index (χ1) is 12.0. The summed E-state index contributed by atoms with van der Waals surface area (Å²) in [6.45, 7) is 0. The van der Waals surface area contributed by atoms with Crippen LogP contribution in [0, 0.1) is 0 Å². The van der Waals surface area contributed by atoms with Crippen LogP contribution in [-0.2, 0) is 4.74 Å². The van der Waals surface area contributed by atoms with E-state index in [1.54, 1.807) is 26.4 Å². The van der Waals surface area contributed by atoms with Gasteiger partial charge in [0, 0.05) is 26.9 Å². The van der Waals surface area contributed by atoms with Crippen LogP contribution in [0.3, 0.4) is 0 Å². The number of halogens is 1. The molecule has 0 aliphatic heterocycles. The van der Waals surface area contributed by atoms with E-state index in [4.69, 9.17) is 25.8 Å². The fraction of sp³-hybridized carbons (Fsp3) is 0.167. The van der Waals surface area contributed by atoms with Gasteiger partial charge >= 0.3 is 5.97 Å². The zero-order valence-electron chi connectivity index (χ0n) is 13.9. The van der Waals surface area contributed by atoms with Crippen molar-refractivity contribution in [1.82, 2.24) is 4.98 Å². The summed E-state index contributed by atoms with van der Waals surface area (Å²) < 4.78 is 15.5. The third-order valence-corrected chi connectivity index (χ3v) is 4.98. The third-order valence-electron chi connectivity index (χ3n) is 3.65. The van der Waals surface area contributed by atoms with Gasteiger partial charge in [0.1, 0.15) is 17.2 Å². The summed E-state index contributed by atoms with van der Waals surface area (Å²) in [5.74, 6) is 0.892. The smallest absolute Gasteiger partial charge is 0.355 e. The average molecular weight is 378 g/mol. The molecule has 0 unspecified atom stereocenters. The number of aromatic nitrogens is 1. The Morgan fingerprint density at radius 3 is 2.32 bits per heavy atom. The van der Waals surface area contributed by atoms with Gasteiger partial charge in [-0.25, -0.2) is 4.79 Å². The van der Waals surface area contributed by atoms with Crippen LogP contribution in [0.25, 0.3) is 10.9 Å². The summed E-state index contributed by atoms with van der Waals surface area (Å²) >= 11 is 7.54. The van der Waals surface area contributed by atoms with Gasteiger partial charge in [0.2, 0.25) is 0 Å². The Morgan fingerprint density at radius 1 is 1.04 bits per heavy atom. The van der Waals surface area contributed by atoms with E-state index in [-0.39, 0.29) is 0 Å². The minimum atomic E-state index is -0.440. The number of benzene rings is 2. The Kier molecular flexibility index (Phi) is 5.11. The van der Waals surface area contributed by atoms with E-state index < -0.39 is 5.97 Å². The number of aromatic amines is 1. The van der Waals surface area contributed by atoms with Gasteiger partial charge in [0.25, 0.3) is 0 Å². The quantitative estimate of drug-likeness (QED) is 0.648. The molecule has 0 saturated heterocycles. The number of esters is 1. The largest absolute Gasteiger partial charge is 0.497 e. The fourth-order valence-corrected chi connectivity index (χ4v) is 3.72. The first-order valence-corrected chi connectivity index (χ1v) is 8.55. The lowest BCUT2D eigenvalue weighted by Crippen LogP contribution is -2.02. The standard InChI is InChI=1S/C18H16ClNO4S/c1-22-11-7-12(23-2)9-13(8-11)25-17-14-6-10(19)4-5-15(14)20-16(17)18(21)24-3/h4-9,20H,1-3H3. The molecule has 2 aromatic carbocycles. The fourth-order valence-electron chi connectivity index (χ4n) is 2.45. The van der Waals surface area contributed by atoms with Gasteiger partial charge in [-0.3, -0.25) is 0 Å². The van der Waals surface area contributed by atoms with Crippen LogP contribution in [-0.4, -0.2) is 32.3 Å². The van der Waals surface area contributed by atoms with Gasteiger partial charge in [0.05, 0.1) is 26.2 Å². The summed E-state index contributed by atoms with van der Waals surface area (Å²) in [6.07, 6.45) is 0. The van der Waals surface area contributed by atoms with E-state index in [2.05, 4.69) is 4.98 Å². The van der Waals surface area contributed by atoms with Gasteiger partial charge in [0.15, 0.2) is 0 Å². The normalized spacial score (nSPS) is 10.7. The number of hydrogen-bond donors (Lipinski definition) is 1. The lowest BCUT2D eigenvalue weighted by atomic mass is 10.2. The van der Waals surface area contributed by atoms with Gasteiger partial charge in [-0.05, 0) is 30.3 Å². The zero-order valence-corrected chi connectivity index (χ0v) is 15.5. The summed E-state index contributed by atoms with van der Waals surface area (Å²) in [7, 11) is 4.53. The monoisotopic (exact) mass is 377 g/mol. The van der Waals surface area contributed by atoms with Crippen molar-refractivity contribution in [1.29, 1.82) is 0 Å². The Bertz CT molecular complexity index is 916. The van der Waals surface area contributed by atoms with Crippen LogP contribution in [0.5, 0.6) is 11.5 Å². The molecule has 1 N–H and O–H groups in total. The van der Waals surface area contributed by atoms with Crippen LogP contribution in [0.15, 0.2) is 46.2 Å². The van der Waals surface area contributed by atoms with E-state index in [1.807, 2.05) is 24.3 Å². The Labute approximate surface area is 154 Å². The number of rotatable bonds is 5. The molecular weight excluding hydrogens is 362 g/mol. The number of carbonyl (C=O) groups excluding carboxylic acids is 1. The topological polar surface area (TPSA) is 60.6 Å². The second-order valence-corrected chi connectivity index (χ2v) is 6.68. The summed E-state index contributed by atoms with van der Waals surface area (Å²) in [4.78, 5) is 16.9. The molecule has 1 heterocycles. The van der Waals surface area contributed by atoms with Gasteiger partial charge in [-0.15, -0.1) is 0 Å². The maximum atomic E-state index is 12.2. The highest BCUT2D eigenvalue weighted by molar-refractivity contribution is 7.99. The lowest BCUT2D eigenvalue weighted by Gasteiger charge is -2.09. The van der Waals surface area contributed by atoms with Crippen LogP contribution >= 0.6 is 23.4 Å². The van der Waals surface area contributed by atoms with Crippen LogP contribution in [0.4, 0.5) is 0 Å². The number of fused-ring (bicyclic) bond motifs is 1. The molecule has 3 rings (SSSR count). The van der Waals surface area contributed by atoms with Crippen LogP contribution in [0.1, 0.15) is 10.5 Å². The summed E-state index contributed by atoms with van der Waals surface area (Å²) in [5.41, 5.74) is 1.19. The molecule has 5 nitrogen and oxygen atoms in total. The van der Waals surface area contributed by atoms with Crippen molar-refractivity contribution in [3.63, 3.8) is 0 Å². The molecule has 0 bridgehead atoms. The molecule has 25 heavy (non-hydrogen) atoms. The lowest BCUT2D eigenvalue weighted by molar-refractivity contribution is 0.0591. The van der Waals surface area contributed by atoms with E-state index in [1.165, 1.54) is 18.9 Å². The summed E-state index contributed by atoms with van der Waals surface area (Å²) in [5, 5.41) is 1.44. The number of methoxy groups -OCH3 is 3. The molecule has 0 aliphatic carbocycles. The third kappa shape index (κ3) is 3.55. The maximum absolute atomic E-state index is 12.2. The number of nitrogens with one attached hydrogen (secondary N) is 1. The van der Waals surface area contributed by atoms with Crippen molar-refractivity contribution in [2.75, 3.05) is 21.3 Å². The highest BCUT2D eigenvalue weighted by atomic mass is 35.5. The highest BCUT2D eigenvalue weighted by Crippen LogP contribution is 2.40. The highest BCUT2D eigenvalue weighted by Gasteiger charge is 2.20. The molecule has 7 heteroatoms. The number of hydrogen-bond acceptors (Lipinski definition) is 5. The Balaban J connectivity index is 2.14. The maximum Gasteiger partial charge on any atom is 0.355 e. The number of carbonyl (C=O) groups is 1. The minimum Gasteiger partial charge on any atom is -0.497 e. The molecule has 0 amide bonds. The van der Waals surface area contributed by atoms with E-state index in [9.17, 15) is 4.79 Å². The predicted octanol–water partition coefficient (Wildman–Crippen LogP) is 4.78. The second kappa shape index (κ2) is 7.29. The molecule has 0 spiro atoms. The first kappa shape index (κ1) is 17.5. The molecule has 130 valence electrons. The molecule has 0 fully saturated rings. The minimum absolute atomic E-state index is 0.381. The SMILES string of the molecule is COC(=O)c1[nH]c2ccc(Cl)cc2c1Sc1cc(OC)cc(OC)c1. The zero-order chi connectivity index (χ0) is 18.0. The van der Waals surface area contributed by atoms with E-state index in [0.29, 0.717) is 22.2 Å². The van der Waals surface area contributed by atoms with E-state index in [0.717, 1.165) is 20.7 Å². The second-order valence-electron chi connectivity index (χ2n) is 5.16. The first-order valence-electron chi connectivity index (χ1n) is 7.36. The Hall–Kier alpha value is -2.31. The van der Waals surface area contributed by atoms with Gasteiger partial charge in [-0.1, -0.05) is 23.4 Å². The molecule has 0 saturated carbocycles. The van der Waals surface area contributed by atoms with Crippen molar-refractivity contribution in [2.45, 2.75) is 9.79 Å². The van der Waals surface area contributed by atoms with Crippen LogP contribution in [0.2, 0.25) is 5.02 Å². The van der Waals surface area contributed by atoms with Crippen molar-refractivity contribution >= 4 is 40.2 Å². The van der Waals surface area contributed by atoms with Crippen molar-refractivity contribution in [3.8, 4) is 11.5 Å². The van der Waals surface area contributed by atoms with Gasteiger partial charge in [-0.2, -0.15) is 0 Å². The van der Waals surface area contributed by atoms with Crippen molar-refractivity contribution in [2.24, 2.45) is 0 Å². The molecule has 0 radical (unpaired) electrons. The number of ether oxygens (including phenoxy) is 3. The Morgan fingerprint density at radius 2 is 1.72 bits per heavy atom. The number of H-pyrrole nitrogens is 1. The molecule has 0 atom stereocenters. The van der Waals surface area contributed by atoms with Crippen LogP contribution < -0.4 is 9.47 Å². The molecular formula is C18H16ClNO4S. The van der Waals surface area contributed by atoms with Crippen molar-refractivity contribution < 1.29 is 19.0 Å². The molecule has 1 aromatic heterocycles. The van der Waals surface area contributed by atoms with E-state index >= 15 is 0 Å². The van der Waals surface area contributed by atoms with Gasteiger partial charge < -0.3 is 19.2 Å². The predicted molar refractivity (Wildman–Crippen MR) is 98.3 cm³/mol. The average Bonchev–Trinajstić information content (AvgIpc) is 2.98.